The normalized spacial score (nSPS) is 24.3. The SMILES string of the molecule is COC(=O)C1=C(CN2C3COCC2N(C(C)=O)C3)NC(c2nccs2)=N[C@H]1c1ccc(F)cc1Cl. The van der Waals surface area contributed by atoms with E-state index in [1.165, 1.54) is 43.6 Å². The molecule has 2 bridgehead atoms. The molecule has 0 aliphatic carbocycles. The lowest BCUT2D eigenvalue weighted by molar-refractivity contribution is -0.137. The molecule has 2 unspecified atom stereocenters. The van der Waals surface area contributed by atoms with Gasteiger partial charge in [-0.25, -0.2) is 14.2 Å². The molecule has 1 N–H and O–H groups in total. The number of aliphatic imine (C=N–C) groups is 1. The van der Waals surface area contributed by atoms with E-state index in [1.807, 2.05) is 5.38 Å². The summed E-state index contributed by atoms with van der Waals surface area (Å²) < 4.78 is 24.7. The number of rotatable bonds is 5. The Kier molecular flexibility index (Phi) is 6.58. The fourth-order valence-corrected chi connectivity index (χ4v) is 5.60. The Morgan fingerprint density at radius 2 is 2.20 bits per heavy atom. The Morgan fingerprint density at radius 3 is 2.89 bits per heavy atom. The van der Waals surface area contributed by atoms with Crippen LogP contribution < -0.4 is 5.32 Å². The van der Waals surface area contributed by atoms with Gasteiger partial charge in [0, 0.05) is 47.9 Å². The number of aromatic nitrogens is 1. The van der Waals surface area contributed by atoms with E-state index in [9.17, 15) is 14.0 Å². The van der Waals surface area contributed by atoms with Crippen molar-refractivity contribution in [1.29, 1.82) is 0 Å². The van der Waals surface area contributed by atoms with Crippen molar-refractivity contribution in [3.63, 3.8) is 0 Å². The summed E-state index contributed by atoms with van der Waals surface area (Å²) in [7, 11) is 1.30. The van der Waals surface area contributed by atoms with Gasteiger partial charge in [-0.2, -0.15) is 0 Å². The summed E-state index contributed by atoms with van der Waals surface area (Å²) in [6.07, 6.45) is 1.41. The lowest BCUT2D eigenvalue weighted by Gasteiger charge is -2.37. The van der Waals surface area contributed by atoms with Gasteiger partial charge in [-0.3, -0.25) is 14.7 Å². The van der Waals surface area contributed by atoms with Crippen molar-refractivity contribution in [3.8, 4) is 0 Å². The number of thiazole rings is 1. The second kappa shape index (κ2) is 9.65. The second-order valence-corrected chi connectivity index (χ2v) is 9.71. The minimum absolute atomic E-state index is 0.0270. The number of esters is 1. The zero-order valence-corrected chi connectivity index (χ0v) is 20.6. The van der Waals surface area contributed by atoms with E-state index in [0.29, 0.717) is 48.4 Å². The molecule has 4 heterocycles. The largest absolute Gasteiger partial charge is 0.466 e. The smallest absolute Gasteiger partial charge is 0.338 e. The summed E-state index contributed by atoms with van der Waals surface area (Å²) in [4.78, 5) is 38.4. The van der Waals surface area contributed by atoms with Gasteiger partial charge in [0.15, 0.2) is 10.8 Å². The summed E-state index contributed by atoms with van der Waals surface area (Å²) in [5, 5.41) is 5.89. The van der Waals surface area contributed by atoms with E-state index >= 15 is 0 Å². The maximum atomic E-state index is 13.8. The molecule has 0 spiro atoms. The first-order chi connectivity index (χ1) is 16.9. The van der Waals surface area contributed by atoms with Gasteiger partial charge in [-0.15, -0.1) is 11.3 Å². The van der Waals surface area contributed by atoms with Crippen LogP contribution in [0.5, 0.6) is 0 Å². The van der Waals surface area contributed by atoms with Crippen LogP contribution in [0.2, 0.25) is 5.02 Å². The minimum Gasteiger partial charge on any atom is -0.466 e. The van der Waals surface area contributed by atoms with E-state index in [-0.39, 0.29) is 28.7 Å². The molecule has 1 aromatic carbocycles. The lowest BCUT2D eigenvalue weighted by Crippen LogP contribution is -2.52. The molecule has 1 aromatic heterocycles. The van der Waals surface area contributed by atoms with Gasteiger partial charge in [0.1, 0.15) is 18.0 Å². The first kappa shape index (κ1) is 23.9. The number of benzene rings is 1. The molecule has 1 amide bonds. The molecule has 0 saturated carbocycles. The lowest BCUT2D eigenvalue weighted by atomic mass is 9.95. The van der Waals surface area contributed by atoms with E-state index < -0.39 is 17.8 Å². The highest BCUT2D eigenvalue weighted by molar-refractivity contribution is 7.11. The second-order valence-electron chi connectivity index (χ2n) is 8.41. The zero-order chi connectivity index (χ0) is 24.7. The number of amidine groups is 1. The quantitative estimate of drug-likeness (QED) is 0.606. The first-order valence-electron chi connectivity index (χ1n) is 11.0. The molecule has 5 rings (SSSR count). The van der Waals surface area contributed by atoms with Crippen LogP contribution in [-0.2, 0) is 19.1 Å². The van der Waals surface area contributed by atoms with Crippen molar-refractivity contribution in [3.05, 3.63) is 62.5 Å². The zero-order valence-electron chi connectivity index (χ0n) is 19.0. The van der Waals surface area contributed by atoms with Gasteiger partial charge in [0.05, 0.1) is 31.9 Å². The number of halogens is 2. The standard InChI is InChI=1S/C23H23ClFN5O4S/c1-12(31)29-8-14-10-34-11-18(29)30(14)9-17-19(23(32)33-2)20(15-4-3-13(25)7-16(15)24)28-21(27-17)22-26-5-6-35-22/h3-7,14,18,20H,8-11H2,1-2H3,(H,27,28)/t14?,18?,20-/m0/s1. The third kappa shape index (κ3) is 4.44. The molecular weight excluding hydrogens is 497 g/mol. The van der Waals surface area contributed by atoms with Crippen molar-refractivity contribution in [2.45, 2.75) is 25.2 Å². The summed E-state index contributed by atoms with van der Waals surface area (Å²) in [6.45, 7) is 3.24. The van der Waals surface area contributed by atoms with Gasteiger partial charge < -0.3 is 19.7 Å². The number of amides is 1. The summed E-state index contributed by atoms with van der Waals surface area (Å²) in [5.74, 6) is -0.636. The fourth-order valence-electron chi connectivity index (χ4n) is 4.74. The first-order valence-corrected chi connectivity index (χ1v) is 12.2. The number of morpholine rings is 1. The molecule has 2 saturated heterocycles. The Hall–Kier alpha value is -2.86. The van der Waals surface area contributed by atoms with Crippen molar-refractivity contribution < 1.29 is 23.5 Å². The number of fused-ring (bicyclic) bond motifs is 2. The maximum absolute atomic E-state index is 13.8. The maximum Gasteiger partial charge on any atom is 0.338 e. The van der Waals surface area contributed by atoms with Gasteiger partial charge >= 0.3 is 5.97 Å². The highest BCUT2D eigenvalue weighted by Crippen LogP contribution is 2.37. The molecule has 2 aromatic rings. The number of nitrogens with one attached hydrogen (secondary N) is 1. The third-order valence-corrected chi connectivity index (χ3v) is 7.47. The van der Waals surface area contributed by atoms with Gasteiger partial charge in [0.25, 0.3) is 0 Å². The van der Waals surface area contributed by atoms with Crippen LogP contribution >= 0.6 is 22.9 Å². The van der Waals surface area contributed by atoms with Gasteiger partial charge in [-0.1, -0.05) is 17.7 Å². The molecule has 3 aliphatic rings. The minimum atomic E-state index is -0.840. The third-order valence-electron chi connectivity index (χ3n) is 6.36. The van der Waals surface area contributed by atoms with Crippen molar-refractivity contribution in [2.75, 3.05) is 33.4 Å². The molecule has 9 nitrogen and oxygen atoms in total. The molecular formula is C23H23ClFN5O4S. The van der Waals surface area contributed by atoms with Crippen LogP contribution in [0.25, 0.3) is 0 Å². The highest BCUT2D eigenvalue weighted by atomic mass is 35.5. The van der Waals surface area contributed by atoms with Crippen molar-refractivity contribution >= 4 is 40.6 Å². The van der Waals surface area contributed by atoms with Gasteiger partial charge in [-0.05, 0) is 12.1 Å². The van der Waals surface area contributed by atoms with Crippen LogP contribution in [-0.4, -0.2) is 78.1 Å². The molecule has 184 valence electrons. The fraction of sp³-hybridized carbons (Fsp3) is 0.391. The van der Waals surface area contributed by atoms with Crippen molar-refractivity contribution in [1.82, 2.24) is 20.1 Å². The molecule has 0 radical (unpaired) electrons. The monoisotopic (exact) mass is 519 g/mol. The van der Waals surface area contributed by atoms with E-state index in [4.69, 9.17) is 26.1 Å². The van der Waals surface area contributed by atoms with E-state index in [2.05, 4.69) is 15.2 Å². The summed E-state index contributed by atoms with van der Waals surface area (Å²) >= 11 is 7.80. The number of carbonyl (C=O) groups is 2. The summed E-state index contributed by atoms with van der Waals surface area (Å²) in [5.41, 5.74) is 1.29. The average Bonchev–Trinajstić information content (AvgIpc) is 3.42. The van der Waals surface area contributed by atoms with E-state index in [0.717, 1.165) is 0 Å². The molecule has 12 heteroatoms. The van der Waals surface area contributed by atoms with Crippen LogP contribution in [0.3, 0.4) is 0 Å². The molecule has 35 heavy (non-hydrogen) atoms. The topological polar surface area (TPSA) is 96.4 Å². The number of methoxy groups -OCH3 is 1. The van der Waals surface area contributed by atoms with Crippen LogP contribution in [0.15, 0.2) is 46.0 Å². The average molecular weight is 520 g/mol. The Morgan fingerprint density at radius 1 is 1.37 bits per heavy atom. The van der Waals surface area contributed by atoms with E-state index in [1.54, 1.807) is 11.1 Å². The van der Waals surface area contributed by atoms with Crippen LogP contribution in [0.1, 0.15) is 23.5 Å². The molecule has 2 fully saturated rings. The predicted octanol–water partition coefficient (Wildman–Crippen LogP) is 2.34. The Balaban J connectivity index is 1.60. The predicted molar refractivity (Wildman–Crippen MR) is 127 cm³/mol. The summed E-state index contributed by atoms with van der Waals surface area (Å²) in [6, 6.07) is 3.13. The van der Waals surface area contributed by atoms with Crippen molar-refractivity contribution in [2.24, 2.45) is 4.99 Å². The number of ether oxygens (including phenoxy) is 2. The van der Waals surface area contributed by atoms with Crippen LogP contribution in [0, 0.1) is 5.82 Å². The highest BCUT2D eigenvalue weighted by Gasteiger charge is 2.45. The van der Waals surface area contributed by atoms with Crippen LogP contribution in [0.4, 0.5) is 4.39 Å². The number of carbonyl (C=O) groups excluding carboxylic acids is 2. The number of nitrogens with zero attached hydrogens (tertiary/aromatic N) is 4. The Bertz CT molecular complexity index is 1220. The molecule has 3 atom stereocenters. The number of hydrogen-bond acceptors (Lipinski definition) is 9. The number of hydrogen-bond donors (Lipinski definition) is 1. The Labute approximate surface area is 210 Å². The van der Waals surface area contributed by atoms with Gasteiger partial charge in [0.2, 0.25) is 5.91 Å². The molecule has 3 aliphatic heterocycles.